The molecular formula is C11H12BrF2NO. The van der Waals surface area contributed by atoms with Gasteiger partial charge >= 0.3 is 0 Å². The summed E-state index contributed by atoms with van der Waals surface area (Å²) in [5, 5.41) is 3.33. The fourth-order valence-electron chi connectivity index (χ4n) is 1.16. The van der Waals surface area contributed by atoms with Crippen LogP contribution in [-0.4, -0.2) is 17.3 Å². The first-order chi connectivity index (χ1) is 7.58. The van der Waals surface area contributed by atoms with Crippen molar-refractivity contribution < 1.29 is 13.6 Å². The summed E-state index contributed by atoms with van der Waals surface area (Å²) in [7, 11) is 0. The number of rotatable bonds is 4. The number of halogens is 3. The van der Waals surface area contributed by atoms with Gasteiger partial charge in [0.25, 0.3) is 5.91 Å². The van der Waals surface area contributed by atoms with Gasteiger partial charge in [0.15, 0.2) is 11.6 Å². The Labute approximate surface area is 101 Å². The molecule has 0 aromatic heterocycles. The van der Waals surface area contributed by atoms with Crippen molar-refractivity contribution in [3.63, 3.8) is 0 Å². The van der Waals surface area contributed by atoms with Crippen molar-refractivity contribution in [1.82, 2.24) is 5.32 Å². The van der Waals surface area contributed by atoms with Gasteiger partial charge in [-0.05, 0) is 24.6 Å². The van der Waals surface area contributed by atoms with Gasteiger partial charge in [-0.25, -0.2) is 8.78 Å². The molecule has 0 aliphatic carbocycles. The van der Waals surface area contributed by atoms with Gasteiger partial charge in [-0.1, -0.05) is 22.9 Å². The van der Waals surface area contributed by atoms with Crippen LogP contribution < -0.4 is 5.32 Å². The van der Waals surface area contributed by atoms with Crippen LogP contribution in [0, 0.1) is 11.6 Å². The molecule has 5 heteroatoms. The minimum Gasteiger partial charge on any atom is -0.348 e. The van der Waals surface area contributed by atoms with Crippen LogP contribution in [-0.2, 0) is 0 Å². The number of hydrogen-bond donors (Lipinski definition) is 1. The second kappa shape index (κ2) is 5.94. The van der Waals surface area contributed by atoms with Gasteiger partial charge < -0.3 is 5.32 Å². The predicted molar refractivity (Wildman–Crippen MR) is 61.7 cm³/mol. The predicted octanol–water partition coefficient (Wildman–Crippen LogP) is 2.87. The monoisotopic (exact) mass is 291 g/mol. The van der Waals surface area contributed by atoms with E-state index in [2.05, 4.69) is 21.2 Å². The standard InChI is InChI=1S/C11H12BrF2NO/c1-2-8(6-12)15-11(16)7-3-4-9(13)10(14)5-7/h3-5,8H,2,6H2,1H3,(H,15,16). The van der Waals surface area contributed by atoms with E-state index < -0.39 is 17.5 Å². The third-order valence-electron chi connectivity index (χ3n) is 2.20. The van der Waals surface area contributed by atoms with Crippen LogP contribution >= 0.6 is 15.9 Å². The van der Waals surface area contributed by atoms with E-state index in [1.165, 1.54) is 6.07 Å². The molecule has 0 saturated carbocycles. The quantitative estimate of drug-likeness (QED) is 0.849. The highest BCUT2D eigenvalue weighted by molar-refractivity contribution is 9.09. The minimum absolute atomic E-state index is 0.0133. The Morgan fingerprint density at radius 1 is 1.44 bits per heavy atom. The molecule has 0 spiro atoms. The van der Waals surface area contributed by atoms with Crippen LogP contribution in [0.1, 0.15) is 23.7 Å². The van der Waals surface area contributed by atoms with Crippen molar-refractivity contribution in [3.05, 3.63) is 35.4 Å². The highest BCUT2D eigenvalue weighted by Gasteiger charge is 2.12. The molecule has 16 heavy (non-hydrogen) atoms. The number of benzene rings is 1. The molecule has 1 N–H and O–H groups in total. The maximum absolute atomic E-state index is 12.9. The normalized spacial score (nSPS) is 12.2. The highest BCUT2D eigenvalue weighted by atomic mass is 79.9. The second-order valence-electron chi connectivity index (χ2n) is 3.36. The summed E-state index contributed by atoms with van der Waals surface area (Å²) in [5.41, 5.74) is 0.123. The fourth-order valence-corrected chi connectivity index (χ4v) is 1.78. The molecule has 0 fully saturated rings. The fraction of sp³-hybridized carbons (Fsp3) is 0.364. The summed E-state index contributed by atoms with van der Waals surface area (Å²) in [6.45, 7) is 1.93. The Morgan fingerprint density at radius 3 is 2.62 bits per heavy atom. The minimum atomic E-state index is -1.01. The maximum Gasteiger partial charge on any atom is 0.251 e. The average molecular weight is 292 g/mol. The third-order valence-corrected chi connectivity index (χ3v) is 2.98. The lowest BCUT2D eigenvalue weighted by Crippen LogP contribution is -2.35. The van der Waals surface area contributed by atoms with E-state index in [-0.39, 0.29) is 11.6 Å². The molecule has 2 nitrogen and oxygen atoms in total. The number of alkyl halides is 1. The number of carbonyl (C=O) groups is 1. The summed E-state index contributed by atoms with van der Waals surface area (Å²) in [5.74, 6) is -2.37. The van der Waals surface area contributed by atoms with E-state index in [0.29, 0.717) is 5.33 Å². The molecule has 0 aliphatic heterocycles. The van der Waals surface area contributed by atoms with Gasteiger partial charge in [0.2, 0.25) is 0 Å². The second-order valence-corrected chi connectivity index (χ2v) is 4.01. The van der Waals surface area contributed by atoms with Gasteiger partial charge in [-0.2, -0.15) is 0 Å². The van der Waals surface area contributed by atoms with Crippen molar-refractivity contribution >= 4 is 21.8 Å². The molecule has 0 radical (unpaired) electrons. The van der Waals surface area contributed by atoms with Crippen LogP contribution in [0.25, 0.3) is 0 Å². The van der Waals surface area contributed by atoms with Crippen LogP contribution in [0.3, 0.4) is 0 Å². The SMILES string of the molecule is CCC(CBr)NC(=O)c1ccc(F)c(F)c1. The van der Waals surface area contributed by atoms with Crippen LogP contribution in [0.4, 0.5) is 8.78 Å². The molecule has 1 unspecified atom stereocenters. The summed E-state index contributed by atoms with van der Waals surface area (Å²) < 4.78 is 25.5. The zero-order valence-electron chi connectivity index (χ0n) is 8.77. The van der Waals surface area contributed by atoms with Gasteiger partial charge in [0, 0.05) is 16.9 Å². The Hall–Kier alpha value is -0.970. The Bertz CT molecular complexity index is 380. The third kappa shape index (κ3) is 3.27. The van der Waals surface area contributed by atoms with Crippen molar-refractivity contribution in [2.75, 3.05) is 5.33 Å². The Morgan fingerprint density at radius 2 is 2.12 bits per heavy atom. The number of nitrogens with one attached hydrogen (secondary N) is 1. The van der Waals surface area contributed by atoms with E-state index in [1.807, 2.05) is 6.92 Å². The van der Waals surface area contributed by atoms with E-state index >= 15 is 0 Å². The molecule has 1 rings (SSSR count). The average Bonchev–Trinajstić information content (AvgIpc) is 2.29. The van der Waals surface area contributed by atoms with Crippen molar-refractivity contribution in [2.24, 2.45) is 0 Å². The molecule has 0 aliphatic rings. The number of carbonyl (C=O) groups excluding carboxylic acids is 1. The molecular weight excluding hydrogens is 280 g/mol. The van der Waals surface area contributed by atoms with Crippen molar-refractivity contribution in [1.29, 1.82) is 0 Å². The van der Waals surface area contributed by atoms with Crippen LogP contribution in [0.15, 0.2) is 18.2 Å². The van der Waals surface area contributed by atoms with Crippen LogP contribution in [0.2, 0.25) is 0 Å². The van der Waals surface area contributed by atoms with E-state index in [9.17, 15) is 13.6 Å². The Balaban J connectivity index is 2.76. The molecule has 1 aromatic rings. The number of hydrogen-bond acceptors (Lipinski definition) is 1. The van der Waals surface area contributed by atoms with Gasteiger partial charge in [-0.3, -0.25) is 4.79 Å². The molecule has 0 heterocycles. The summed E-state index contributed by atoms with van der Waals surface area (Å²) in [6, 6.07) is 3.08. The smallest absolute Gasteiger partial charge is 0.251 e. The lowest BCUT2D eigenvalue weighted by atomic mass is 10.2. The van der Waals surface area contributed by atoms with Crippen molar-refractivity contribution in [3.8, 4) is 0 Å². The highest BCUT2D eigenvalue weighted by Crippen LogP contribution is 2.09. The first kappa shape index (κ1) is 13.1. The Kier molecular flexibility index (Phi) is 4.86. The van der Waals surface area contributed by atoms with Gasteiger partial charge in [-0.15, -0.1) is 0 Å². The lowest BCUT2D eigenvalue weighted by Gasteiger charge is -2.13. The molecule has 0 saturated heterocycles. The molecule has 1 aromatic carbocycles. The largest absolute Gasteiger partial charge is 0.348 e. The van der Waals surface area contributed by atoms with E-state index in [1.54, 1.807) is 0 Å². The zero-order chi connectivity index (χ0) is 12.1. The molecule has 1 atom stereocenters. The van der Waals surface area contributed by atoms with Crippen LogP contribution in [0.5, 0.6) is 0 Å². The number of amides is 1. The van der Waals surface area contributed by atoms with Gasteiger partial charge in [0.1, 0.15) is 0 Å². The first-order valence-electron chi connectivity index (χ1n) is 4.90. The van der Waals surface area contributed by atoms with E-state index in [0.717, 1.165) is 18.6 Å². The van der Waals surface area contributed by atoms with E-state index in [4.69, 9.17) is 0 Å². The maximum atomic E-state index is 12.9. The molecule has 1 amide bonds. The molecule has 88 valence electrons. The van der Waals surface area contributed by atoms with Crippen molar-refractivity contribution in [2.45, 2.75) is 19.4 Å². The summed E-state index contributed by atoms with van der Waals surface area (Å²) in [6.07, 6.45) is 0.765. The first-order valence-corrected chi connectivity index (χ1v) is 6.02. The van der Waals surface area contributed by atoms with Gasteiger partial charge in [0.05, 0.1) is 0 Å². The molecule has 0 bridgehead atoms. The lowest BCUT2D eigenvalue weighted by molar-refractivity contribution is 0.0939. The topological polar surface area (TPSA) is 29.1 Å². The zero-order valence-corrected chi connectivity index (χ0v) is 10.4. The summed E-state index contributed by atoms with van der Waals surface area (Å²) in [4.78, 5) is 11.6. The summed E-state index contributed by atoms with van der Waals surface area (Å²) >= 11 is 3.25.